The summed E-state index contributed by atoms with van der Waals surface area (Å²) in [6, 6.07) is 2.12. The van der Waals surface area contributed by atoms with Gasteiger partial charge in [0.1, 0.15) is 5.75 Å². The number of hydrazine groups is 1. The molecule has 0 aliphatic carbocycles. The monoisotopic (exact) mass is 298 g/mol. The molecule has 3 rings (SSSR count). The third-order valence-electron chi connectivity index (χ3n) is 4.41. The van der Waals surface area contributed by atoms with Gasteiger partial charge in [-0.05, 0) is 30.2 Å². The van der Waals surface area contributed by atoms with Gasteiger partial charge < -0.3 is 14.2 Å². The molecule has 2 aliphatic heterocycles. The number of hydrogen-bond acceptors (Lipinski definition) is 6. The number of thiophene rings is 1. The van der Waals surface area contributed by atoms with Crippen molar-refractivity contribution in [2.45, 2.75) is 30.9 Å². The van der Waals surface area contributed by atoms with Crippen LogP contribution in [0, 0.1) is 5.92 Å². The Morgan fingerprint density at radius 1 is 1.55 bits per heavy atom. The summed E-state index contributed by atoms with van der Waals surface area (Å²) in [4.78, 5) is 1.18. The zero-order valence-electron chi connectivity index (χ0n) is 11.8. The van der Waals surface area contributed by atoms with Crippen LogP contribution in [0.1, 0.15) is 30.2 Å². The van der Waals surface area contributed by atoms with Gasteiger partial charge >= 0.3 is 0 Å². The summed E-state index contributed by atoms with van der Waals surface area (Å²) in [5.74, 6) is 7.20. The van der Waals surface area contributed by atoms with Gasteiger partial charge in [-0.3, -0.25) is 11.3 Å². The van der Waals surface area contributed by atoms with Crippen molar-refractivity contribution in [3.05, 3.63) is 16.3 Å². The lowest BCUT2D eigenvalue weighted by molar-refractivity contribution is -0.103. The Balaban J connectivity index is 1.78. The third-order valence-corrected chi connectivity index (χ3v) is 5.39. The van der Waals surface area contributed by atoms with Gasteiger partial charge in [-0.25, -0.2) is 0 Å². The van der Waals surface area contributed by atoms with Crippen LogP contribution < -0.4 is 16.0 Å². The van der Waals surface area contributed by atoms with Crippen molar-refractivity contribution in [1.29, 1.82) is 0 Å². The summed E-state index contributed by atoms with van der Waals surface area (Å²) in [5, 5.41) is 2.05. The van der Waals surface area contributed by atoms with E-state index in [9.17, 15) is 0 Å². The molecule has 1 aromatic rings. The van der Waals surface area contributed by atoms with Crippen molar-refractivity contribution in [2.75, 3.05) is 26.9 Å². The van der Waals surface area contributed by atoms with Crippen molar-refractivity contribution < 1.29 is 14.2 Å². The summed E-state index contributed by atoms with van der Waals surface area (Å²) in [6.45, 7) is 2.29. The quantitative estimate of drug-likeness (QED) is 0.656. The molecule has 1 spiro atoms. The lowest BCUT2D eigenvalue weighted by Gasteiger charge is -2.40. The minimum atomic E-state index is -0.0947. The predicted molar refractivity (Wildman–Crippen MR) is 77.8 cm³/mol. The first-order valence-electron chi connectivity index (χ1n) is 7.07. The first kappa shape index (κ1) is 14.3. The number of ether oxygens (including phenoxy) is 3. The number of nitrogens with two attached hydrogens (primary N) is 1. The second-order valence-electron chi connectivity index (χ2n) is 5.58. The molecular weight excluding hydrogens is 276 g/mol. The van der Waals surface area contributed by atoms with E-state index in [-0.39, 0.29) is 11.6 Å². The number of nitrogens with one attached hydrogen (secondary N) is 1. The molecule has 3 N–H and O–H groups in total. The van der Waals surface area contributed by atoms with E-state index >= 15 is 0 Å². The Morgan fingerprint density at radius 2 is 2.45 bits per heavy atom. The third kappa shape index (κ3) is 2.58. The Bertz CT molecular complexity index is 445. The fourth-order valence-corrected chi connectivity index (χ4v) is 4.36. The molecule has 2 saturated heterocycles. The second-order valence-corrected chi connectivity index (χ2v) is 6.53. The van der Waals surface area contributed by atoms with Crippen LogP contribution in [0.3, 0.4) is 0 Å². The highest BCUT2D eigenvalue weighted by Gasteiger charge is 2.43. The van der Waals surface area contributed by atoms with E-state index in [1.807, 2.05) is 11.4 Å². The van der Waals surface area contributed by atoms with Crippen LogP contribution in [-0.2, 0) is 9.47 Å². The van der Waals surface area contributed by atoms with Crippen LogP contribution in [0.2, 0.25) is 0 Å². The molecule has 3 atom stereocenters. The second kappa shape index (κ2) is 5.99. The fourth-order valence-electron chi connectivity index (χ4n) is 3.34. The van der Waals surface area contributed by atoms with Gasteiger partial charge in [-0.2, -0.15) is 0 Å². The van der Waals surface area contributed by atoms with Gasteiger partial charge in [0, 0.05) is 19.6 Å². The molecular formula is C14H22N2O3S. The van der Waals surface area contributed by atoms with E-state index < -0.39 is 0 Å². The van der Waals surface area contributed by atoms with E-state index in [1.54, 1.807) is 18.4 Å². The van der Waals surface area contributed by atoms with Crippen LogP contribution in [0.5, 0.6) is 5.75 Å². The molecule has 2 fully saturated rings. The minimum absolute atomic E-state index is 0.0947. The SMILES string of the molecule is COc1ccsc1C(NN)C1CCOC2(CCOC2)C1. The molecule has 3 unspecified atom stereocenters. The van der Waals surface area contributed by atoms with Crippen molar-refractivity contribution in [1.82, 2.24) is 5.43 Å². The van der Waals surface area contributed by atoms with Crippen LogP contribution in [0.4, 0.5) is 0 Å². The molecule has 20 heavy (non-hydrogen) atoms. The number of rotatable bonds is 4. The highest BCUT2D eigenvalue weighted by molar-refractivity contribution is 7.10. The normalized spacial score (nSPS) is 31.6. The van der Waals surface area contributed by atoms with Gasteiger partial charge in [-0.15, -0.1) is 11.3 Å². The molecule has 3 heterocycles. The van der Waals surface area contributed by atoms with Crippen LogP contribution in [0.15, 0.2) is 11.4 Å². The molecule has 0 saturated carbocycles. The van der Waals surface area contributed by atoms with Gasteiger partial charge in [0.25, 0.3) is 0 Å². The van der Waals surface area contributed by atoms with Gasteiger partial charge in [0.05, 0.1) is 30.2 Å². The Morgan fingerprint density at radius 3 is 3.15 bits per heavy atom. The van der Waals surface area contributed by atoms with E-state index in [0.717, 1.165) is 38.2 Å². The van der Waals surface area contributed by atoms with Gasteiger partial charge in [0.15, 0.2) is 0 Å². The Kier molecular flexibility index (Phi) is 4.28. The highest BCUT2D eigenvalue weighted by Crippen LogP contribution is 2.43. The Hall–Kier alpha value is -0.660. The van der Waals surface area contributed by atoms with E-state index in [2.05, 4.69) is 5.43 Å². The van der Waals surface area contributed by atoms with Crippen molar-refractivity contribution in [3.8, 4) is 5.75 Å². The summed E-state index contributed by atoms with van der Waals surface area (Å²) in [5.41, 5.74) is 2.89. The van der Waals surface area contributed by atoms with Crippen LogP contribution in [0.25, 0.3) is 0 Å². The molecule has 0 radical (unpaired) electrons. The van der Waals surface area contributed by atoms with Crippen molar-refractivity contribution in [3.63, 3.8) is 0 Å². The summed E-state index contributed by atoms with van der Waals surface area (Å²) in [7, 11) is 1.70. The highest BCUT2D eigenvalue weighted by atomic mass is 32.1. The first-order chi connectivity index (χ1) is 9.78. The molecule has 1 aromatic heterocycles. The smallest absolute Gasteiger partial charge is 0.134 e. The fraction of sp³-hybridized carbons (Fsp3) is 0.714. The molecule has 6 heteroatoms. The molecule has 0 bridgehead atoms. The van der Waals surface area contributed by atoms with Gasteiger partial charge in [-0.1, -0.05) is 0 Å². The van der Waals surface area contributed by atoms with E-state index in [4.69, 9.17) is 20.1 Å². The van der Waals surface area contributed by atoms with E-state index in [1.165, 1.54) is 4.88 Å². The lowest BCUT2D eigenvalue weighted by Crippen LogP contribution is -2.45. The molecule has 0 aromatic carbocycles. The van der Waals surface area contributed by atoms with Crippen LogP contribution in [-0.4, -0.2) is 32.5 Å². The zero-order valence-corrected chi connectivity index (χ0v) is 12.6. The summed E-state index contributed by atoms with van der Waals surface area (Å²) >= 11 is 1.69. The average molecular weight is 298 g/mol. The summed E-state index contributed by atoms with van der Waals surface area (Å²) < 4.78 is 17.0. The maximum absolute atomic E-state index is 6.00. The average Bonchev–Trinajstić information content (AvgIpc) is 3.10. The largest absolute Gasteiger partial charge is 0.496 e. The number of hydrogen-bond donors (Lipinski definition) is 2. The molecule has 0 amide bonds. The maximum atomic E-state index is 6.00. The topological polar surface area (TPSA) is 65.7 Å². The van der Waals surface area contributed by atoms with Crippen molar-refractivity contribution >= 4 is 11.3 Å². The minimum Gasteiger partial charge on any atom is -0.496 e. The maximum Gasteiger partial charge on any atom is 0.134 e. The molecule has 2 aliphatic rings. The van der Waals surface area contributed by atoms with Crippen LogP contribution >= 0.6 is 11.3 Å². The van der Waals surface area contributed by atoms with Crippen molar-refractivity contribution in [2.24, 2.45) is 11.8 Å². The standard InChI is InChI=1S/C14H22N2O3S/c1-17-11-3-7-20-13(11)12(16-15)10-2-5-19-14(8-10)4-6-18-9-14/h3,7,10,12,16H,2,4-6,8-9,15H2,1H3. The zero-order chi connectivity index (χ0) is 14.0. The Labute approximate surface area is 123 Å². The molecule has 5 nitrogen and oxygen atoms in total. The lowest BCUT2D eigenvalue weighted by atomic mass is 9.80. The predicted octanol–water partition coefficient (Wildman–Crippen LogP) is 1.85. The van der Waals surface area contributed by atoms with Gasteiger partial charge in [0.2, 0.25) is 0 Å². The molecule has 112 valence electrons. The summed E-state index contributed by atoms with van der Waals surface area (Å²) in [6.07, 6.45) is 2.99. The first-order valence-corrected chi connectivity index (χ1v) is 7.95. The number of methoxy groups -OCH3 is 1. The van der Waals surface area contributed by atoms with E-state index in [0.29, 0.717) is 12.5 Å².